The Morgan fingerprint density at radius 3 is 2.33 bits per heavy atom. The largest absolute Gasteiger partial charge is 0.370 e. The number of anilines is 2. The zero-order valence-corrected chi connectivity index (χ0v) is 16.7. The van der Waals surface area contributed by atoms with Crippen molar-refractivity contribution in [3.05, 3.63) is 18.2 Å². The molecule has 0 spiro atoms. The van der Waals surface area contributed by atoms with Crippen molar-refractivity contribution in [2.45, 2.75) is 30.6 Å². The smallest absolute Gasteiger partial charge is 0.245 e. The van der Waals surface area contributed by atoms with E-state index in [1.807, 2.05) is 13.1 Å². The molecule has 2 heterocycles. The van der Waals surface area contributed by atoms with Gasteiger partial charge in [-0.25, -0.2) is 8.42 Å². The van der Waals surface area contributed by atoms with Gasteiger partial charge in [0.1, 0.15) is 4.90 Å². The van der Waals surface area contributed by atoms with Crippen LogP contribution in [-0.2, 0) is 14.8 Å². The summed E-state index contributed by atoms with van der Waals surface area (Å²) in [4.78, 5) is 16.7. The predicted octanol–water partition coefficient (Wildman–Crippen LogP) is 1.57. The number of likely N-dealkylation sites (N-methyl/N-ethyl adjacent to an activating group) is 1. The number of piperazine rings is 1. The molecule has 1 aliphatic carbocycles. The van der Waals surface area contributed by atoms with Crippen molar-refractivity contribution < 1.29 is 13.2 Å². The Kier molecular flexibility index (Phi) is 5.13. The van der Waals surface area contributed by atoms with Crippen molar-refractivity contribution >= 4 is 27.3 Å². The molecule has 3 fully saturated rings. The molecule has 148 valence electrons. The Hall–Kier alpha value is -1.64. The highest BCUT2D eigenvalue weighted by molar-refractivity contribution is 7.89. The molecule has 1 aromatic carbocycles. The third-order valence-electron chi connectivity index (χ3n) is 5.70. The maximum absolute atomic E-state index is 13.3. The fourth-order valence-electron chi connectivity index (χ4n) is 3.78. The van der Waals surface area contributed by atoms with Crippen LogP contribution < -0.4 is 10.2 Å². The molecule has 1 N–H and O–H groups in total. The molecule has 4 rings (SSSR count). The van der Waals surface area contributed by atoms with Gasteiger partial charge in [-0.1, -0.05) is 0 Å². The van der Waals surface area contributed by atoms with Crippen molar-refractivity contribution in [3.63, 3.8) is 0 Å². The maximum atomic E-state index is 13.3. The van der Waals surface area contributed by atoms with Gasteiger partial charge in [0, 0.05) is 50.9 Å². The number of benzene rings is 1. The van der Waals surface area contributed by atoms with Crippen LogP contribution >= 0.6 is 0 Å². The normalized spacial score (nSPS) is 22.2. The molecule has 2 saturated heterocycles. The highest BCUT2D eigenvalue weighted by Gasteiger charge is 2.33. The predicted molar refractivity (Wildman–Crippen MR) is 105 cm³/mol. The van der Waals surface area contributed by atoms with Crippen molar-refractivity contribution in [2.24, 2.45) is 5.92 Å². The van der Waals surface area contributed by atoms with Gasteiger partial charge in [-0.2, -0.15) is 4.31 Å². The Labute approximate surface area is 161 Å². The second kappa shape index (κ2) is 7.41. The minimum absolute atomic E-state index is 0.0389. The molecule has 0 atom stereocenters. The lowest BCUT2D eigenvalue weighted by Gasteiger charge is -2.33. The molecule has 0 unspecified atom stereocenters. The molecule has 1 aromatic rings. The Balaban J connectivity index is 1.64. The SMILES string of the molecule is CN1CCN(S(=O)(=O)c2ccc(NC(=O)C3CC3)cc2N2CCCC2)CC1. The first kappa shape index (κ1) is 18.7. The van der Waals surface area contributed by atoms with Crippen LogP contribution in [0.4, 0.5) is 11.4 Å². The second-order valence-corrected chi connectivity index (χ2v) is 9.75. The fourth-order valence-corrected chi connectivity index (χ4v) is 5.39. The van der Waals surface area contributed by atoms with Crippen LogP contribution in [0.25, 0.3) is 0 Å². The number of carbonyl (C=O) groups excluding carboxylic acids is 1. The van der Waals surface area contributed by atoms with Gasteiger partial charge in [0.25, 0.3) is 0 Å². The van der Waals surface area contributed by atoms with Crippen LogP contribution in [0.15, 0.2) is 23.1 Å². The zero-order chi connectivity index (χ0) is 19.0. The Morgan fingerprint density at radius 1 is 1.04 bits per heavy atom. The van der Waals surface area contributed by atoms with Gasteiger partial charge >= 0.3 is 0 Å². The molecule has 1 amide bonds. The van der Waals surface area contributed by atoms with Crippen LogP contribution in [0.2, 0.25) is 0 Å². The van der Waals surface area contributed by atoms with E-state index in [9.17, 15) is 13.2 Å². The van der Waals surface area contributed by atoms with Crippen molar-refractivity contribution in [3.8, 4) is 0 Å². The first-order valence-corrected chi connectivity index (χ1v) is 11.3. The van der Waals surface area contributed by atoms with Crippen molar-refractivity contribution in [2.75, 3.05) is 56.5 Å². The average molecular weight is 393 g/mol. The standard InChI is InChI=1S/C19H28N4O3S/c1-21-10-12-23(13-11-21)27(25,26)18-7-6-16(20-19(24)15-4-5-15)14-17(18)22-8-2-3-9-22/h6-7,14-15H,2-5,8-13H2,1H3,(H,20,24). The van der Waals surface area contributed by atoms with Crippen LogP contribution in [0.3, 0.4) is 0 Å². The van der Waals surface area contributed by atoms with Gasteiger partial charge in [-0.3, -0.25) is 4.79 Å². The lowest BCUT2D eigenvalue weighted by atomic mass is 10.2. The molecule has 1 saturated carbocycles. The van der Waals surface area contributed by atoms with Crippen LogP contribution in [0, 0.1) is 5.92 Å². The highest BCUT2D eigenvalue weighted by atomic mass is 32.2. The summed E-state index contributed by atoms with van der Waals surface area (Å²) in [6.45, 7) is 4.22. The summed E-state index contributed by atoms with van der Waals surface area (Å²) in [5.74, 6) is 0.158. The number of rotatable bonds is 5. The molecule has 2 aliphatic heterocycles. The van der Waals surface area contributed by atoms with Crippen molar-refractivity contribution in [1.82, 2.24) is 9.21 Å². The summed E-state index contributed by atoms with van der Waals surface area (Å²) >= 11 is 0. The number of sulfonamides is 1. The number of nitrogens with one attached hydrogen (secondary N) is 1. The van der Waals surface area contributed by atoms with Gasteiger partial charge in [0.15, 0.2) is 0 Å². The fraction of sp³-hybridized carbons (Fsp3) is 0.632. The van der Waals surface area contributed by atoms with E-state index in [1.54, 1.807) is 16.4 Å². The van der Waals surface area contributed by atoms with E-state index in [4.69, 9.17) is 0 Å². The lowest BCUT2D eigenvalue weighted by molar-refractivity contribution is -0.117. The van der Waals surface area contributed by atoms with Crippen LogP contribution in [0.1, 0.15) is 25.7 Å². The number of carbonyl (C=O) groups is 1. The maximum Gasteiger partial charge on any atom is 0.245 e. The Bertz CT molecular complexity index is 808. The number of hydrogen-bond donors (Lipinski definition) is 1. The van der Waals surface area contributed by atoms with Crippen LogP contribution in [-0.4, -0.2) is 69.8 Å². The zero-order valence-electron chi connectivity index (χ0n) is 15.9. The third kappa shape index (κ3) is 3.97. The van der Waals surface area contributed by atoms with E-state index in [1.165, 1.54) is 0 Å². The minimum Gasteiger partial charge on any atom is -0.370 e. The topological polar surface area (TPSA) is 73.0 Å². The van der Waals surface area contributed by atoms with Gasteiger partial charge in [-0.05, 0) is 50.9 Å². The third-order valence-corrected chi connectivity index (χ3v) is 7.65. The average Bonchev–Trinajstić information content (AvgIpc) is 3.37. The number of nitrogens with zero attached hydrogens (tertiary/aromatic N) is 3. The van der Waals surface area contributed by atoms with E-state index in [-0.39, 0.29) is 11.8 Å². The first-order chi connectivity index (χ1) is 12.9. The van der Waals surface area contributed by atoms with E-state index in [0.29, 0.717) is 23.7 Å². The molecule has 7 nitrogen and oxygen atoms in total. The van der Waals surface area contributed by atoms with Crippen molar-refractivity contribution in [1.29, 1.82) is 0 Å². The quantitative estimate of drug-likeness (QED) is 0.824. The molecule has 0 aromatic heterocycles. The van der Waals surface area contributed by atoms with Crippen LogP contribution in [0.5, 0.6) is 0 Å². The van der Waals surface area contributed by atoms with E-state index < -0.39 is 10.0 Å². The summed E-state index contributed by atoms with van der Waals surface area (Å²) in [7, 11) is -1.54. The minimum atomic E-state index is -3.55. The van der Waals surface area contributed by atoms with E-state index in [0.717, 1.165) is 57.5 Å². The summed E-state index contributed by atoms with van der Waals surface area (Å²) in [5.41, 5.74) is 1.41. The number of amides is 1. The van der Waals surface area contributed by atoms with E-state index >= 15 is 0 Å². The monoisotopic (exact) mass is 392 g/mol. The molecule has 3 aliphatic rings. The highest BCUT2D eigenvalue weighted by Crippen LogP contribution is 2.35. The second-order valence-electron chi connectivity index (χ2n) is 7.85. The van der Waals surface area contributed by atoms with Gasteiger partial charge < -0.3 is 15.1 Å². The molecule has 0 bridgehead atoms. The summed E-state index contributed by atoms with van der Waals surface area (Å²) < 4.78 is 28.2. The molecule has 0 radical (unpaired) electrons. The molecular formula is C19H28N4O3S. The van der Waals surface area contributed by atoms with E-state index in [2.05, 4.69) is 15.1 Å². The molecular weight excluding hydrogens is 364 g/mol. The summed E-state index contributed by atoms with van der Waals surface area (Å²) in [6, 6.07) is 5.24. The number of hydrogen-bond acceptors (Lipinski definition) is 5. The molecule has 27 heavy (non-hydrogen) atoms. The van der Waals surface area contributed by atoms with Gasteiger partial charge in [0.2, 0.25) is 15.9 Å². The first-order valence-electron chi connectivity index (χ1n) is 9.84. The molecule has 8 heteroatoms. The van der Waals surface area contributed by atoms with Gasteiger partial charge in [-0.15, -0.1) is 0 Å². The van der Waals surface area contributed by atoms with Gasteiger partial charge in [0.05, 0.1) is 5.69 Å². The summed E-state index contributed by atoms with van der Waals surface area (Å²) in [5, 5.41) is 2.95. The lowest BCUT2D eigenvalue weighted by Crippen LogP contribution is -2.47. The summed E-state index contributed by atoms with van der Waals surface area (Å²) in [6.07, 6.45) is 4.01. The Morgan fingerprint density at radius 2 is 1.70 bits per heavy atom.